The average Bonchev–Trinajstić information content (AvgIpc) is 2.49. The Bertz CT molecular complexity index is 279. The number of hydrogen-bond acceptors (Lipinski definition) is 3. The van der Waals surface area contributed by atoms with E-state index < -0.39 is 5.97 Å². The van der Waals surface area contributed by atoms with Crippen LogP contribution in [0.25, 0.3) is 0 Å². The van der Waals surface area contributed by atoms with Gasteiger partial charge in [-0.3, -0.25) is 0 Å². The molecule has 0 aliphatic heterocycles. The molecule has 5 N–H and O–H groups in total. The van der Waals surface area contributed by atoms with Gasteiger partial charge in [-0.25, -0.2) is 4.79 Å². The van der Waals surface area contributed by atoms with Gasteiger partial charge in [-0.15, -0.1) is 0 Å². The van der Waals surface area contributed by atoms with Gasteiger partial charge in [0.05, 0.1) is 19.6 Å². The van der Waals surface area contributed by atoms with Gasteiger partial charge in [0, 0.05) is 13.1 Å². The van der Waals surface area contributed by atoms with Crippen molar-refractivity contribution in [2.75, 3.05) is 39.3 Å². The number of aliphatic carboxylic acids is 1. The van der Waals surface area contributed by atoms with Gasteiger partial charge in [-0.2, -0.15) is 0 Å². The molecule has 0 radical (unpaired) electrons. The largest absolute Gasteiger partial charge is 0.477 e. The van der Waals surface area contributed by atoms with Gasteiger partial charge in [0.1, 0.15) is 0 Å². The lowest BCUT2D eigenvalue weighted by molar-refractivity contribution is -0.919. The van der Waals surface area contributed by atoms with E-state index in [1.54, 1.807) is 0 Å². The second-order valence-corrected chi connectivity index (χ2v) is 6.82. The van der Waals surface area contributed by atoms with Gasteiger partial charge in [-0.05, 0) is 12.8 Å². The van der Waals surface area contributed by atoms with Crippen molar-refractivity contribution < 1.29 is 14.4 Å². The molecule has 0 aromatic carbocycles. The van der Waals surface area contributed by atoms with E-state index in [9.17, 15) is 4.79 Å². The monoisotopic (exact) mass is 330 g/mol. The van der Waals surface area contributed by atoms with Crippen LogP contribution in [0.1, 0.15) is 71.1 Å². The minimum absolute atomic E-state index is 0.145. The van der Waals surface area contributed by atoms with Crippen molar-refractivity contribution in [2.45, 2.75) is 71.1 Å². The van der Waals surface area contributed by atoms with Crippen LogP contribution in [-0.4, -0.2) is 54.8 Å². The maximum absolute atomic E-state index is 11.1. The first-order chi connectivity index (χ1) is 11.1. The lowest BCUT2D eigenvalue weighted by atomic mass is 10.1. The van der Waals surface area contributed by atoms with Crippen LogP contribution in [0.4, 0.5) is 0 Å². The summed E-state index contributed by atoms with van der Waals surface area (Å²) in [5.74, 6) is -0.751. The molecule has 138 valence electrons. The number of nitrogens with two attached hydrogens (primary N) is 2. The second kappa shape index (κ2) is 14.9. The summed E-state index contributed by atoms with van der Waals surface area (Å²) in [6.45, 7) is 5.74. The number of carbonyl (C=O) groups is 1. The predicted molar refractivity (Wildman–Crippen MR) is 97.3 cm³/mol. The molecule has 23 heavy (non-hydrogen) atoms. The van der Waals surface area contributed by atoms with Crippen LogP contribution in [0.15, 0.2) is 0 Å². The van der Waals surface area contributed by atoms with Crippen molar-refractivity contribution in [3.8, 4) is 0 Å². The first-order valence-corrected chi connectivity index (χ1v) is 9.57. The fourth-order valence-corrected chi connectivity index (χ4v) is 3.34. The zero-order valence-corrected chi connectivity index (χ0v) is 15.3. The molecule has 0 amide bonds. The highest BCUT2D eigenvalue weighted by atomic mass is 16.4. The molecular weight excluding hydrogens is 290 g/mol. The smallest absolute Gasteiger partial charge is 0.359 e. The summed E-state index contributed by atoms with van der Waals surface area (Å²) in [6, 6.07) is 0. The summed E-state index contributed by atoms with van der Waals surface area (Å²) < 4.78 is 0.541. The van der Waals surface area contributed by atoms with Crippen LogP contribution in [-0.2, 0) is 4.79 Å². The Hall–Kier alpha value is -0.650. The van der Waals surface area contributed by atoms with E-state index in [1.165, 1.54) is 57.8 Å². The third kappa shape index (κ3) is 12.4. The maximum atomic E-state index is 11.1. The summed E-state index contributed by atoms with van der Waals surface area (Å²) in [5, 5.41) is 9.17. The van der Waals surface area contributed by atoms with E-state index in [0.29, 0.717) is 30.7 Å². The number of rotatable bonds is 17. The number of hydrogen-bond donors (Lipinski definition) is 3. The number of nitrogens with zero attached hydrogens (tertiary/aromatic N) is 1. The first kappa shape index (κ1) is 22.4. The lowest BCUT2D eigenvalue weighted by Gasteiger charge is -2.37. The van der Waals surface area contributed by atoms with Crippen molar-refractivity contribution in [2.24, 2.45) is 11.5 Å². The lowest BCUT2D eigenvalue weighted by Crippen LogP contribution is -2.56. The molecule has 0 spiro atoms. The fraction of sp³-hybridized carbons (Fsp3) is 0.944. The Labute approximate surface area is 143 Å². The molecule has 0 heterocycles. The third-order valence-electron chi connectivity index (χ3n) is 4.66. The van der Waals surface area contributed by atoms with E-state index in [-0.39, 0.29) is 6.54 Å². The van der Waals surface area contributed by atoms with E-state index >= 15 is 0 Å². The van der Waals surface area contributed by atoms with E-state index in [0.717, 1.165) is 13.0 Å². The molecule has 5 nitrogen and oxygen atoms in total. The van der Waals surface area contributed by atoms with Crippen LogP contribution in [0.5, 0.6) is 0 Å². The molecule has 0 unspecified atom stereocenters. The third-order valence-corrected chi connectivity index (χ3v) is 4.66. The van der Waals surface area contributed by atoms with Crippen LogP contribution in [0.3, 0.4) is 0 Å². The normalized spacial score (nSPS) is 11.8. The molecule has 0 saturated carbocycles. The van der Waals surface area contributed by atoms with Crippen molar-refractivity contribution in [1.82, 2.24) is 0 Å². The molecule has 0 atom stereocenters. The van der Waals surface area contributed by atoms with Crippen LogP contribution >= 0.6 is 0 Å². The fourth-order valence-electron chi connectivity index (χ4n) is 3.34. The van der Waals surface area contributed by atoms with Crippen molar-refractivity contribution in [3.05, 3.63) is 0 Å². The second-order valence-electron chi connectivity index (χ2n) is 6.82. The summed E-state index contributed by atoms with van der Waals surface area (Å²) in [6.07, 6.45) is 12.9. The molecule has 0 aromatic heterocycles. The highest BCUT2D eigenvalue weighted by molar-refractivity contribution is 5.67. The first-order valence-electron chi connectivity index (χ1n) is 9.57. The molecule has 5 heteroatoms. The summed E-state index contributed by atoms with van der Waals surface area (Å²) in [7, 11) is 0. The van der Waals surface area contributed by atoms with Crippen LogP contribution in [0, 0.1) is 0 Å². The quantitative estimate of drug-likeness (QED) is 0.282. The van der Waals surface area contributed by atoms with Gasteiger partial charge in [0.25, 0.3) is 0 Å². The predicted octanol–water partition coefficient (Wildman–Crippen LogP) is 2.73. The highest BCUT2D eigenvalue weighted by Gasteiger charge is 2.28. The number of carboxylic acids is 1. The molecule has 0 saturated heterocycles. The van der Waals surface area contributed by atoms with Gasteiger partial charge in [-0.1, -0.05) is 58.3 Å². The minimum Gasteiger partial charge on any atom is -0.477 e. The Morgan fingerprint density at radius 2 is 1.22 bits per heavy atom. The Morgan fingerprint density at radius 1 is 0.783 bits per heavy atom. The van der Waals surface area contributed by atoms with Gasteiger partial charge in [0.15, 0.2) is 6.54 Å². The van der Waals surface area contributed by atoms with Crippen LogP contribution < -0.4 is 11.5 Å². The molecule has 0 aliphatic carbocycles. The molecule has 0 aliphatic rings. The molecule has 0 bridgehead atoms. The van der Waals surface area contributed by atoms with Gasteiger partial charge < -0.3 is 21.1 Å². The Kier molecular flexibility index (Phi) is 14.5. The molecule has 0 aromatic rings. The molecule has 0 fully saturated rings. The number of carboxylic acid groups (broad SMARTS) is 1. The van der Waals surface area contributed by atoms with Gasteiger partial charge in [0.2, 0.25) is 0 Å². The molecule has 0 rings (SSSR count). The number of quaternary nitrogens is 1. The maximum Gasteiger partial charge on any atom is 0.359 e. The highest BCUT2D eigenvalue weighted by Crippen LogP contribution is 2.13. The standard InChI is InChI=1S/C18H39N3O2/c1-2-3-4-5-6-7-8-9-10-11-14-21(15-12-19,16-13-20)17-18(22)23/h2-17,19-20H2,1H3/p+1. The minimum atomic E-state index is -0.751. The Balaban J connectivity index is 3.87. The summed E-state index contributed by atoms with van der Waals surface area (Å²) >= 11 is 0. The van der Waals surface area contributed by atoms with Crippen molar-refractivity contribution >= 4 is 5.97 Å². The zero-order chi connectivity index (χ0) is 17.4. The van der Waals surface area contributed by atoms with Crippen molar-refractivity contribution in [3.63, 3.8) is 0 Å². The average molecular weight is 331 g/mol. The zero-order valence-electron chi connectivity index (χ0n) is 15.3. The number of unbranched alkanes of at least 4 members (excludes halogenated alkanes) is 9. The van der Waals surface area contributed by atoms with Gasteiger partial charge >= 0.3 is 5.97 Å². The summed E-state index contributed by atoms with van der Waals surface area (Å²) in [4.78, 5) is 11.1. The van der Waals surface area contributed by atoms with Crippen molar-refractivity contribution in [1.29, 1.82) is 0 Å². The SMILES string of the molecule is CCCCCCCCCCCC[N+](CCN)(CCN)CC(=O)O. The van der Waals surface area contributed by atoms with E-state index in [2.05, 4.69) is 6.92 Å². The van der Waals surface area contributed by atoms with E-state index in [4.69, 9.17) is 16.6 Å². The van der Waals surface area contributed by atoms with E-state index in [1.807, 2.05) is 0 Å². The molecular formula is C18H40N3O2+. The topological polar surface area (TPSA) is 89.3 Å². The van der Waals surface area contributed by atoms with Crippen LogP contribution in [0.2, 0.25) is 0 Å². The summed E-state index contributed by atoms with van der Waals surface area (Å²) in [5.41, 5.74) is 11.4. The Morgan fingerprint density at radius 3 is 1.61 bits per heavy atom.